The standard InChI is InChI=1S/C15H21BrF3NO/c1-2-9-20-11-14(12-6-3-4-7-13(12)16)21-10-5-8-15(17,18)19/h3-4,6-7,14,20H,2,5,8-11H2,1H3. The van der Waals surface area contributed by atoms with Crippen molar-refractivity contribution in [3.63, 3.8) is 0 Å². The summed E-state index contributed by atoms with van der Waals surface area (Å²) in [5, 5.41) is 3.25. The van der Waals surface area contributed by atoms with Gasteiger partial charge in [-0.15, -0.1) is 0 Å². The highest BCUT2D eigenvalue weighted by molar-refractivity contribution is 9.10. The monoisotopic (exact) mass is 367 g/mol. The molecule has 0 fully saturated rings. The first-order valence-corrected chi connectivity index (χ1v) is 7.87. The molecule has 1 unspecified atom stereocenters. The number of hydrogen-bond donors (Lipinski definition) is 1. The molecule has 1 aromatic carbocycles. The maximum atomic E-state index is 12.1. The van der Waals surface area contributed by atoms with Crippen molar-refractivity contribution in [3.05, 3.63) is 34.3 Å². The van der Waals surface area contributed by atoms with Crippen molar-refractivity contribution in [1.82, 2.24) is 5.32 Å². The summed E-state index contributed by atoms with van der Waals surface area (Å²) >= 11 is 3.46. The third-order valence-electron chi connectivity index (χ3n) is 2.93. The first kappa shape index (κ1) is 18.5. The zero-order valence-electron chi connectivity index (χ0n) is 12.0. The van der Waals surface area contributed by atoms with E-state index in [1.54, 1.807) is 0 Å². The topological polar surface area (TPSA) is 21.3 Å². The molecule has 0 spiro atoms. The highest BCUT2D eigenvalue weighted by atomic mass is 79.9. The first-order chi connectivity index (χ1) is 9.94. The fourth-order valence-electron chi connectivity index (χ4n) is 1.90. The van der Waals surface area contributed by atoms with Crippen LogP contribution in [0.5, 0.6) is 0 Å². The average molecular weight is 368 g/mol. The second-order valence-corrected chi connectivity index (χ2v) is 5.66. The van der Waals surface area contributed by atoms with Crippen LogP contribution in [-0.4, -0.2) is 25.9 Å². The fourth-order valence-corrected chi connectivity index (χ4v) is 2.44. The molecule has 1 rings (SSSR count). The maximum Gasteiger partial charge on any atom is 0.389 e. The van der Waals surface area contributed by atoms with E-state index in [0.29, 0.717) is 6.54 Å². The Morgan fingerprint density at radius 1 is 1.29 bits per heavy atom. The van der Waals surface area contributed by atoms with Crippen LogP contribution in [0.3, 0.4) is 0 Å². The molecule has 21 heavy (non-hydrogen) atoms. The van der Waals surface area contributed by atoms with E-state index >= 15 is 0 Å². The van der Waals surface area contributed by atoms with E-state index in [-0.39, 0.29) is 19.1 Å². The minimum Gasteiger partial charge on any atom is -0.372 e. The molecule has 120 valence electrons. The Labute approximate surface area is 132 Å². The maximum absolute atomic E-state index is 12.1. The summed E-state index contributed by atoms with van der Waals surface area (Å²) in [4.78, 5) is 0. The summed E-state index contributed by atoms with van der Waals surface area (Å²) in [6, 6.07) is 7.62. The molecule has 0 amide bonds. The lowest BCUT2D eigenvalue weighted by Crippen LogP contribution is -2.25. The molecule has 0 aliphatic carbocycles. The Morgan fingerprint density at radius 3 is 2.62 bits per heavy atom. The zero-order chi connectivity index (χ0) is 15.7. The van der Waals surface area contributed by atoms with Gasteiger partial charge in [0.1, 0.15) is 0 Å². The third-order valence-corrected chi connectivity index (χ3v) is 3.65. The largest absolute Gasteiger partial charge is 0.389 e. The molecule has 0 aromatic heterocycles. The van der Waals surface area contributed by atoms with Crippen molar-refractivity contribution in [2.24, 2.45) is 0 Å². The smallest absolute Gasteiger partial charge is 0.372 e. The number of hydrogen-bond acceptors (Lipinski definition) is 2. The van der Waals surface area contributed by atoms with Gasteiger partial charge in [-0.25, -0.2) is 0 Å². The van der Waals surface area contributed by atoms with Crippen LogP contribution < -0.4 is 5.32 Å². The number of nitrogens with one attached hydrogen (secondary N) is 1. The molecule has 0 radical (unpaired) electrons. The molecule has 0 saturated carbocycles. The highest BCUT2D eigenvalue weighted by Crippen LogP contribution is 2.27. The van der Waals surface area contributed by atoms with E-state index in [4.69, 9.17) is 4.74 Å². The summed E-state index contributed by atoms with van der Waals surface area (Å²) < 4.78 is 43.0. The van der Waals surface area contributed by atoms with Gasteiger partial charge in [-0.3, -0.25) is 0 Å². The number of halogens is 4. The summed E-state index contributed by atoms with van der Waals surface area (Å²) in [7, 11) is 0. The van der Waals surface area contributed by atoms with Crippen LogP contribution in [0, 0.1) is 0 Å². The zero-order valence-corrected chi connectivity index (χ0v) is 13.6. The quantitative estimate of drug-likeness (QED) is 0.630. The van der Waals surface area contributed by atoms with Crippen LogP contribution in [0.1, 0.15) is 37.9 Å². The number of rotatable bonds is 9. The fraction of sp³-hybridized carbons (Fsp3) is 0.600. The van der Waals surface area contributed by atoms with E-state index in [1.807, 2.05) is 24.3 Å². The van der Waals surface area contributed by atoms with Crippen LogP contribution in [0.25, 0.3) is 0 Å². The predicted octanol–water partition coefficient (Wildman–Crippen LogP) is 4.85. The molecular formula is C15H21BrF3NO. The molecule has 0 heterocycles. The molecule has 0 bridgehead atoms. The molecule has 0 aliphatic rings. The molecule has 0 aliphatic heterocycles. The van der Waals surface area contributed by atoms with Gasteiger partial charge >= 0.3 is 6.18 Å². The van der Waals surface area contributed by atoms with Crippen molar-refractivity contribution < 1.29 is 17.9 Å². The number of alkyl halides is 3. The number of benzene rings is 1. The Morgan fingerprint density at radius 2 is 2.00 bits per heavy atom. The lowest BCUT2D eigenvalue weighted by Gasteiger charge is -2.20. The van der Waals surface area contributed by atoms with Gasteiger partial charge in [-0.1, -0.05) is 41.1 Å². The van der Waals surface area contributed by atoms with Crippen LogP contribution in [0.2, 0.25) is 0 Å². The van der Waals surface area contributed by atoms with Gasteiger partial charge in [0.15, 0.2) is 0 Å². The van der Waals surface area contributed by atoms with Crippen LogP contribution in [0.15, 0.2) is 28.7 Å². The van der Waals surface area contributed by atoms with Gasteiger partial charge in [0.25, 0.3) is 0 Å². The molecule has 6 heteroatoms. The summed E-state index contributed by atoms with van der Waals surface area (Å²) in [6.07, 6.45) is -4.19. The summed E-state index contributed by atoms with van der Waals surface area (Å²) in [5.41, 5.74) is 0.952. The van der Waals surface area contributed by atoms with E-state index in [9.17, 15) is 13.2 Å². The Hall–Kier alpha value is -0.590. The highest BCUT2D eigenvalue weighted by Gasteiger charge is 2.26. The van der Waals surface area contributed by atoms with Crippen molar-refractivity contribution in [2.45, 2.75) is 38.5 Å². The van der Waals surface area contributed by atoms with E-state index in [1.165, 1.54) is 0 Å². The Bertz CT molecular complexity index is 412. The van der Waals surface area contributed by atoms with Crippen LogP contribution in [-0.2, 0) is 4.74 Å². The SMILES string of the molecule is CCCNCC(OCCCC(F)(F)F)c1ccccc1Br. The van der Waals surface area contributed by atoms with Crippen molar-refractivity contribution in [3.8, 4) is 0 Å². The predicted molar refractivity (Wildman–Crippen MR) is 81.3 cm³/mol. The van der Waals surface area contributed by atoms with E-state index in [2.05, 4.69) is 28.2 Å². The van der Waals surface area contributed by atoms with Crippen molar-refractivity contribution in [2.75, 3.05) is 19.7 Å². The van der Waals surface area contributed by atoms with Gasteiger partial charge in [-0.2, -0.15) is 13.2 Å². The lowest BCUT2D eigenvalue weighted by atomic mass is 10.1. The minimum atomic E-state index is -4.12. The van der Waals surface area contributed by atoms with Crippen LogP contribution in [0.4, 0.5) is 13.2 Å². The normalized spacial score (nSPS) is 13.4. The van der Waals surface area contributed by atoms with Gasteiger partial charge < -0.3 is 10.1 Å². The lowest BCUT2D eigenvalue weighted by molar-refractivity contribution is -0.138. The Kier molecular flexibility index (Phi) is 8.29. The molecule has 0 saturated heterocycles. The Balaban J connectivity index is 2.55. The average Bonchev–Trinajstić information content (AvgIpc) is 2.41. The van der Waals surface area contributed by atoms with Gasteiger partial charge in [0.05, 0.1) is 6.10 Å². The second-order valence-electron chi connectivity index (χ2n) is 4.80. The first-order valence-electron chi connectivity index (χ1n) is 7.07. The van der Waals surface area contributed by atoms with E-state index < -0.39 is 12.6 Å². The summed E-state index contributed by atoms with van der Waals surface area (Å²) in [6.45, 7) is 3.60. The van der Waals surface area contributed by atoms with Gasteiger partial charge in [-0.05, 0) is 31.0 Å². The molecular weight excluding hydrogens is 347 g/mol. The summed E-state index contributed by atoms with van der Waals surface area (Å²) in [5.74, 6) is 0. The number of ether oxygens (including phenoxy) is 1. The molecule has 2 nitrogen and oxygen atoms in total. The second kappa shape index (κ2) is 9.43. The van der Waals surface area contributed by atoms with Gasteiger partial charge in [0.2, 0.25) is 0 Å². The van der Waals surface area contributed by atoms with Gasteiger partial charge in [0, 0.05) is 24.0 Å². The third kappa shape index (κ3) is 7.83. The molecule has 1 aromatic rings. The molecule has 1 N–H and O–H groups in total. The van der Waals surface area contributed by atoms with Crippen molar-refractivity contribution >= 4 is 15.9 Å². The molecule has 1 atom stereocenters. The van der Waals surface area contributed by atoms with E-state index in [0.717, 1.165) is 23.0 Å². The van der Waals surface area contributed by atoms with Crippen LogP contribution >= 0.6 is 15.9 Å². The van der Waals surface area contributed by atoms with Crippen molar-refractivity contribution in [1.29, 1.82) is 0 Å². The minimum absolute atomic E-state index is 0.0156.